The molecule has 1 saturated heterocycles. The number of hydrogen-bond donors (Lipinski definition) is 0. The van der Waals surface area contributed by atoms with Crippen LogP contribution in [0.25, 0.3) is 0 Å². The molecule has 0 saturated carbocycles. The first-order valence-corrected chi connectivity index (χ1v) is 7.00. The average molecular weight is 246 g/mol. The van der Waals surface area contributed by atoms with Crippen LogP contribution in [0.15, 0.2) is 30.3 Å². The van der Waals surface area contributed by atoms with Gasteiger partial charge in [0.15, 0.2) is 0 Å². The zero-order chi connectivity index (χ0) is 13.1. The minimum absolute atomic E-state index is 0.719. The number of piperidine rings is 1. The van der Waals surface area contributed by atoms with Gasteiger partial charge in [0.05, 0.1) is 0 Å². The lowest BCUT2D eigenvalue weighted by Crippen LogP contribution is -2.52. The largest absolute Gasteiger partial charge is 0.306 e. The van der Waals surface area contributed by atoms with Crippen LogP contribution in [0.1, 0.15) is 19.4 Å². The fourth-order valence-electron chi connectivity index (χ4n) is 3.65. The first-order valence-electron chi connectivity index (χ1n) is 7.00. The van der Waals surface area contributed by atoms with Crippen LogP contribution in [-0.4, -0.2) is 43.0 Å². The van der Waals surface area contributed by atoms with E-state index in [1.54, 1.807) is 0 Å². The SMILES string of the molecule is C[C@@H]1CN(Cc2ccccc2)C[C@H](C)C1N(C)C. The molecule has 1 aliphatic heterocycles. The summed E-state index contributed by atoms with van der Waals surface area (Å²) in [4.78, 5) is 5.00. The molecule has 0 spiro atoms. The van der Waals surface area contributed by atoms with Gasteiger partial charge in [-0.15, -0.1) is 0 Å². The summed E-state index contributed by atoms with van der Waals surface area (Å²) in [5.41, 5.74) is 1.43. The van der Waals surface area contributed by atoms with Crippen molar-refractivity contribution >= 4 is 0 Å². The van der Waals surface area contributed by atoms with Gasteiger partial charge in [-0.3, -0.25) is 4.90 Å². The monoisotopic (exact) mass is 246 g/mol. The van der Waals surface area contributed by atoms with Gasteiger partial charge in [-0.25, -0.2) is 0 Å². The quantitative estimate of drug-likeness (QED) is 0.809. The maximum atomic E-state index is 2.60. The van der Waals surface area contributed by atoms with E-state index in [1.165, 1.54) is 18.7 Å². The molecule has 1 heterocycles. The lowest BCUT2D eigenvalue weighted by molar-refractivity contribution is 0.0447. The summed E-state index contributed by atoms with van der Waals surface area (Å²) in [5.74, 6) is 1.49. The molecule has 2 nitrogen and oxygen atoms in total. The highest BCUT2D eigenvalue weighted by Gasteiger charge is 2.32. The van der Waals surface area contributed by atoms with Crippen LogP contribution in [0, 0.1) is 11.8 Å². The standard InChI is InChI=1S/C16H26N2/c1-13-10-18(11-14(2)16(13)17(3)4)12-15-8-6-5-7-9-15/h5-9,13-14,16H,10-12H2,1-4H3/t13-,14+,16?. The van der Waals surface area contributed by atoms with E-state index in [2.05, 4.69) is 68.1 Å². The third-order valence-electron chi connectivity index (χ3n) is 4.10. The molecular formula is C16H26N2. The predicted molar refractivity (Wildman–Crippen MR) is 77.5 cm³/mol. The van der Waals surface area contributed by atoms with Crippen molar-refractivity contribution in [3.63, 3.8) is 0 Å². The highest BCUT2D eigenvalue weighted by molar-refractivity contribution is 5.14. The van der Waals surface area contributed by atoms with E-state index in [1.807, 2.05) is 0 Å². The number of nitrogens with zero attached hydrogens (tertiary/aromatic N) is 2. The molecule has 1 fully saturated rings. The summed E-state index contributed by atoms with van der Waals surface area (Å²) >= 11 is 0. The highest BCUT2D eigenvalue weighted by atomic mass is 15.2. The average Bonchev–Trinajstić information content (AvgIpc) is 2.28. The van der Waals surface area contributed by atoms with Gasteiger partial charge in [0, 0.05) is 25.7 Å². The van der Waals surface area contributed by atoms with Crippen molar-refractivity contribution in [2.24, 2.45) is 11.8 Å². The molecule has 2 heteroatoms. The zero-order valence-electron chi connectivity index (χ0n) is 12.1. The number of hydrogen-bond acceptors (Lipinski definition) is 2. The zero-order valence-corrected chi connectivity index (χ0v) is 12.1. The fourth-order valence-corrected chi connectivity index (χ4v) is 3.65. The number of rotatable bonds is 3. The van der Waals surface area contributed by atoms with E-state index in [-0.39, 0.29) is 0 Å². The molecule has 0 aliphatic carbocycles. The molecule has 3 atom stereocenters. The summed E-state index contributed by atoms with van der Waals surface area (Å²) in [6.07, 6.45) is 0. The van der Waals surface area contributed by atoms with Crippen LogP contribution in [-0.2, 0) is 6.54 Å². The maximum absolute atomic E-state index is 2.60. The smallest absolute Gasteiger partial charge is 0.0233 e. The molecule has 100 valence electrons. The second-order valence-electron chi connectivity index (χ2n) is 6.09. The summed E-state index contributed by atoms with van der Waals surface area (Å²) in [5, 5.41) is 0. The van der Waals surface area contributed by atoms with Crippen LogP contribution in [0.4, 0.5) is 0 Å². The summed E-state index contributed by atoms with van der Waals surface area (Å²) in [6.45, 7) is 8.29. The van der Waals surface area contributed by atoms with Gasteiger partial charge in [0.1, 0.15) is 0 Å². The Morgan fingerprint density at radius 3 is 2.11 bits per heavy atom. The first kappa shape index (κ1) is 13.6. The minimum atomic E-state index is 0.719. The van der Waals surface area contributed by atoms with Crippen molar-refractivity contribution < 1.29 is 0 Å². The molecule has 1 aromatic rings. The lowest BCUT2D eigenvalue weighted by atomic mass is 9.85. The van der Waals surface area contributed by atoms with Crippen LogP contribution >= 0.6 is 0 Å². The van der Waals surface area contributed by atoms with Crippen molar-refractivity contribution in [1.82, 2.24) is 9.80 Å². The van der Waals surface area contributed by atoms with Gasteiger partial charge in [-0.1, -0.05) is 44.2 Å². The molecule has 0 aromatic heterocycles. The number of benzene rings is 1. The number of likely N-dealkylation sites (tertiary alicyclic amines) is 1. The Hall–Kier alpha value is -0.860. The van der Waals surface area contributed by atoms with E-state index in [0.717, 1.165) is 24.4 Å². The third kappa shape index (κ3) is 3.12. The molecule has 0 amide bonds. The third-order valence-corrected chi connectivity index (χ3v) is 4.10. The molecule has 1 unspecified atom stereocenters. The Labute approximate surface area is 112 Å². The molecule has 0 bridgehead atoms. The lowest BCUT2D eigenvalue weighted by Gasteiger charge is -2.44. The van der Waals surface area contributed by atoms with E-state index in [0.29, 0.717) is 0 Å². The van der Waals surface area contributed by atoms with Gasteiger partial charge in [-0.2, -0.15) is 0 Å². The van der Waals surface area contributed by atoms with Gasteiger partial charge in [0.25, 0.3) is 0 Å². The van der Waals surface area contributed by atoms with E-state index in [9.17, 15) is 0 Å². The summed E-state index contributed by atoms with van der Waals surface area (Å²) in [7, 11) is 4.43. The van der Waals surface area contributed by atoms with Crippen molar-refractivity contribution in [2.45, 2.75) is 26.4 Å². The van der Waals surface area contributed by atoms with Crippen molar-refractivity contribution in [1.29, 1.82) is 0 Å². The Balaban J connectivity index is 1.98. The second kappa shape index (κ2) is 5.85. The maximum Gasteiger partial charge on any atom is 0.0233 e. The van der Waals surface area contributed by atoms with Crippen LogP contribution < -0.4 is 0 Å². The van der Waals surface area contributed by atoms with Crippen molar-refractivity contribution in [3.05, 3.63) is 35.9 Å². The molecule has 0 radical (unpaired) electrons. The van der Waals surface area contributed by atoms with Gasteiger partial charge < -0.3 is 4.90 Å². The summed E-state index contributed by atoms with van der Waals surface area (Å²) < 4.78 is 0. The van der Waals surface area contributed by atoms with Crippen LogP contribution in [0.3, 0.4) is 0 Å². The molecule has 18 heavy (non-hydrogen) atoms. The summed E-state index contributed by atoms with van der Waals surface area (Å²) in [6, 6.07) is 11.5. The highest BCUT2D eigenvalue weighted by Crippen LogP contribution is 2.26. The fraction of sp³-hybridized carbons (Fsp3) is 0.625. The van der Waals surface area contributed by atoms with Gasteiger partial charge in [-0.05, 0) is 31.5 Å². The minimum Gasteiger partial charge on any atom is -0.306 e. The van der Waals surface area contributed by atoms with E-state index < -0.39 is 0 Å². The molecule has 0 N–H and O–H groups in total. The van der Waals surface area contributed by atoms with Crippen molar-refractivity contribution in [2.75, 3.05) is 27.2 Å². The Kier molecular flexibility index (Phi) is 4.41. The predicted octanol–water partition coefficient (Wildman–Crippen LogP) is 2.70. The second-order valence-corrected chi connectivity index (χ2v) is 6.09. The van der Waals surface area contributed by atoms with Gasteiger partial charge >= 0.3 is 0 Å². The Morgan fingerprint density at radius 1 is 1.06 bits per heavy atom. The molecule has 2 rings (SSSR count). The van der Waals surface area contributed by atoms with Gasteiger partial charge in [0.2, 0.25) is 0 Å². The van der Waals surface area contributed by atoms with Crippen LogP contribution in [0.5, 0.6) is 0 Å². The van der Waals surface area contributed by atoms with E-state index in [4.69, 9.17) is 0 Å². The molecular weight excluding hydrogens is 220 g/mol. The van der Waals surface area contributed by atoms with Crippen LogP contribution in [0.2, 0.25) is 0 Å². The Bertz CT molecular complexity index is 349. The van der Waals surface area contributed by atoms with E-state index >= 15 is 0 Å². The Morgan fingerprint density at radius 2 is 1.61 bits per heavy atom. The first-order chi connectivity index (χ1) is 8.58. The topological polar surface area (TPSA) is 6.48 Å². The molecule has 1 aromatic carbocycles. The molecule has 1 aliphatic rings. The van der Waals surface area contributed by atoms with Crippen molar-refractivity contribution in [3.8, 4) is 0 Å². The normalized spacial score (nSPS) is 29.7.